The van der Waals surface area contributed by atoms with Crippen molar-refractivity contribution >= 4 is 10.9 Å². The first-order valence-electron chi connectivity index (χ1n) is 3.61. The third-order valence-electron chi connectivity index (χ3n) is 1.87. The maximum atomic E-state index is 11.1. The van der Waals surface area contributed by atoms with Gasteiger partial charge in [0, 0.05) is 23.3 Å². The van der Waals surface area contributed by atoms with E-state index in [2.05, 4.69) is 9.97 Å². The highest BCUT2D eigenvalue weighted by molar-refractivity contribution is 5.81. The van der Waals surface area contributed by atoms with Gasteiger partial charge in [0.1, 0.15) is 5.52 Å². The Morgan fingerprint density at radius 1 is 1.42 bits per heavy atom. The number of aliphatic hydroxyl groups is 1. The molecule has 62 valence electrons. The molecule has 0 aliphatic heterocycles. The molecular weight excluding hydrogens is 156 g/mol. The number of aliphatic hydroxyl groups excluding tert-OH is 1. The second-order valence-corrected chi connectivity index (χ2v) is 2.57. The first-order valence-corrected chi connectivity index (χ1v) is 3.61. The van der Waals surface area contributed by atoms with Gasteiger partial charge in [0.05, 0.1) is 6.61 Å². The fourth-order valence-electron chi connectivity index (χ4n) is 1.26. The number of hydrogen-bond acceptors (Lipinski definition) is 2. The topological polar surface area (TPSA) is 68.9 Å². The van der Waals surface area contributed by atoms with Gasteiger partial charge in [0.15, 0.2) is 0 Å². The molecule has 12 heavy (non-hydrogen) atoms. The lowest BCUT2D eigenvalue weighted by Gasteiger charge is -1.96. The molecule has 0 amide bonds. The largest absolute Gasteiger partial charge is 0.392 e. The van der Waals surface area contributed by atoms with Crippen molar-refractivity contribution in [1.82, 2.24) is 9.97 Å². The lowest BCUT2D eigenvalue weighted by atomic mass is 10.2. The fraction of sp³-hybridized carbons (Fsp3) is 0.125. The van der Waals surface area contributed by atoms with E-state index in [9.17, 15) is 4.79 Å². The highest BCUT2D eigenvalue weighted by Crippen LogP contribution is 2.12. The summed E-state index contributed by atoms with van der Waals surface area (Å²) < 4.78 is 0. The molecule has 0 bridgehead atoms. The number of fused-ring (bicyclic) bond motifs is 1. The van der Waals surface area contributed by atoms with Crippen molar-refractivity contribution < 1.29 is 5.11 Å². The van der Waals surface area contributed by atoms with Gasteiger partial charge in [-0.2, -0.15) is 0 Å². The van der Waals surface area contributed by atoms with Crippen molar-refractivity contribution in [3.05, 3.63) is 34.4 Å². The molecule has 3 N–H and O–H groups in total. The molecule has 0 radical (unpaired) electrons. The summed E-state index contributed by atoms with van der Waals surface area (Å²) in [6, 6.07) is 1.77. The van der Waals surface area contributed by atoms with Crippen molar-refractivity contribution in [3.63, 3.8) is 0 Å². The Balaban J connectivity index is 2.92. The molecule has 0 saturated heterocycles. The van der Waals surface area contributed by atoms with Gasteiger partial charge in [-0.15, -0.1) is 0 Å². The average molecular weight is 164 g/mol. The number of aromatic amines is 2. The zero-order chi connectivity index (χ0) is 8.55. The van der Waals surface area contributed by atoms with Gasteiger partial charge in [-0.3, -0.25) is 4.79 Å². The van der Waals surface area contributed by atoms with Crippen LogP contribution in [0.5, 0.6) is 0 Å². The standard InChI is InChI=1S/C8H8N2O2/c11-4-5-3-10-8(12)7-6(5)1-2-9-7/h1-3,9,11H,4H2,(H,10,12). The molecule has 0 aliphatic rings. The zero-order valence-corrected chi connectivity index (χ0v) is 6.29. The molecule has 4 heteroatoms. The first kappa shape index (κ1) is 7.12. The molecule has 2 rings (SSSR count). The molecule has 0 unspecified atom stereocenters. The van der Waals surface area contributed by atoms with Crippen LogP contribution in [0.2, 0.25) is 0 Å². The number of nitrogens with one attached hydrogen (secondary N) is 2. The Morgan fingerprint density at radius 3 is 3.00 bits per heavy atom. The van der Waals surface area contributed by atoms with E-state index in [0.29, 0.717) is 5.52 Å². The van der Waals surface area contributed by atoms with Gasteiger partial charge in [-0.25, -0.2) is 0 Å². The summed E-state index contributed by atoms with van der Waals surface area (Å²) in [5.41, 5.74) is 1.08. The number of H-pyrrole nitrogens is 2. The summed E-state index contributed by atoms with van der Waals surface area (Å²) in [4.78, 5) is 16.5. The predicted octanol–water partition coefficient (Wildman–Crippen LogP) is 0.349. The summed E-state index contributed by atoms with van der Waals surface area (Å²) in [7, 11) is 0. The SMILES string of the molecule is O=c1[nH]cc(CO)c2cc[nH]c12. The third kappa shape index (κ3) is 0.853. The molecular formula is C8H8N2O2. The number of aromatic nitrogens is 2. The lowest BCUT2D eigenvalue weighted by Crippen LogP contribution is -2.06. The lowest BCUT2D eigenvalue weighted by molar-refractivity contribution is 0.283. The molecule has 0 saturated carbocycles. The zero-order valence-electron chi connectivity index (χ0n) is 6.29. The maximum Gasteiger partial charge on any atom is 0.272 e. The average Bonchev–Trinajstić information content (AvgIpc) is 2.54. The molecule has 0 fully saturated rings. The summed E-state index contributed by atoms with van der Waals surface area (Å²) in [5.74, 6) is 0. The van der Waals surface area contributed by atoms with Crippen LogP contribution in [0.15, 0.2) is 23.3 Å². The Hall–Kier alpha value is -1.55. The molecule has 4 nitrogen and oxygen atoms in total. The highest BCUT2D eigenvalue weighted by atomic mass is 16.3. The van der Waals surface area contributed by atoms with E-state index in [1.165, 1.54) is 6.20 Å². The van der Waals surface area contributed by atoms with Gasteiger partial charge in [0.25, 0.3) is 5.56 Å². The van der Waals surface area contributed by atoms with E-state index < -0.39 is 0 Å². The monoisotopic (exact) mass is 164 g/mol. The van der Waals surface area contributed by atoms with E-state index in [1.807, 2.05) is 0 Å². The quantitative estimate of drug-likeness (QED) is 0.569. The van der Waals surface area contributed by atoms with Crippen LogP contribution in [0.4, 0.5) is 0 Å². The molecule has 2 aromatic rings. The van der Waals surface area contributed by atoms with E-state index >= 15 is 0 Å². The minimum atomic E-state index is -0.160. The van der Waals surface area contributed by atoms with Crippen LogP contribution in [-0.2, 0) is 6.61 Å². The van der Waals surface area contributed by atoms with E-state index in [1.54, 1.807) is 12.3 Å². The van der Waals surface area contributed by atoms with Crippen LogP contribution in [-0.4, -0.2) is 15.1 Å². The molecule has 0 aliphatic carbocycles. The second-order valence-electron chi connectivity index (χ2n) is 2.57. The van der Waals surface area contributed by atoms with E-state index in [0.717, 1.165) is 10.9 Å². The summed E-state index contributed by atoms with van der Waals surface area (Å²) in [6.45, 7) is -0.0644. The number of rotatable bonds is 1. The molecule has 0 aromatic carbocycles. The Labute approximate surface area is 67.9 Å². The van der Waals surface area contributed by atoms with Crippen molar-refractivity contribution in [2.45, 2.75) is 6.61 Å². The Morgan fingerprint density at radius 2 is 2.25 bits per heavy atom. The van der Waals surface area contributed by atoms with Crippen LogP contribution >= 0.6 is 0 Å². The van der Waals surface area contributed by atoms with Crippen molar-refractivity contribution in [2.75, 3.05) is 0 Å². The number of hydrogen-bond donors (Lipinski definition) is 3. The minimum absolute atomic E-state index is 0.0644. The van der Waals surface area contributed by atoms with Gasteiger partial charge >= 0.3 is 0 Å². The Kier molecular flexibility index (Phi) is 1.48. The van der Waals surface area contributed by atoms with Crippen LogP contribution in [0.3, 0.4) is 0 Å². The molecule has 0 spiro atoms. The van der Waals surface area contributed by atoms with Gasteiger partial charge in [-0.05, 0) is 6.07 Å². The van der Waals surface area contributed by atoms with E-state index in [-0.39, 0.29) is 12.2 Å². The molecule has 0 atom stereocenters. The van der Waals surface area contributed by atoms with Gasteiger partial charge < -0.3 is 15.1 Å². The second kappa shape index (κ2) is 2.49. The van der Waals surface area contributed by atoms with Gasteiger partial charge in [-0.1, -0.05) is 0 Å². The minimum Gasteiger partial charge on any atom is -0.392 e. The van der Waals surface area contributed by atoms with E-state index in [4.69, 9.17) is 5.11 Å². The van der Waals surface area contributed by atoms with Gasteiger partial charge in [0.2, 0.25) is 0 Å². The summed E-state index contributed by atoms with van der Waals surface area (Å²) in [5, 5.41) is 9.69. The van der Waals surface area contributed by atoms with Crippen LogP contribution in [0.25, 0.3) is 10.9 Å². The fourth-order valence-corrected chi connectivity index (χ4v) is 1.26. The van der Waals surface area contributed by atoms with Crippen molar-refractivity contribution in [3.8, 4) is 0 Å². The van der Waals surface area contributed by atoms with Crippen molar-refractivity contribution in [2.24, 2.45) is 0 Å². The first-order chi connectivity index (χ1) is 5.83. The molecule has 2 heterocycles. The summed E-state index contributed by atoms with van der Waals surface area (Å²) >= 11 is 0. The van der Waals surface area contributed by atoms with Crippen LogP contribution < -0.4 is 5.56 Å². The van der Waals surface area contributed by atoms with Crippen molar-refractivity contribution in [1.29, 1.82) is 0 Å². The predicted molar refractivity (Wildman–Crippen MR) is 44.8 cm³/mol. The highest BCUT2D eigenvalue weighted by Gasteiger charge is 2.03. The normalized spacial score (nSPS) is 10.8. The number of pyridine rings is 1. The molecule has 2 aromatic heterocycles. The Bertz CT molecular complexity index is 455. The third-order valence-corrected chi connectivity index (χ3v) is 1.87. The van der Waals surface area contributed by atoms with Crippen LogP contribution in [0, 0.1) is 0 Å². The smallest absolute Gasteiger partial charge is 0.272 e. The summed E-state index contributed by atoms with van der Waals surface area (Å²) in [6.07, 6.45) is 3.21. The van der Waals surface area contributed by atoms with Crippen LogP contribution in [0.1, 0.15) is 5.56 Å². The maximum absolute atomic E-state index is 11.1.